The first-order valence-corrected chi connectivity index (χ1v) is 4.26. The largest absolute Gasteiger partial charge is 0.481 e. The Balaban J connectivity index is 2.38. The van der Waals surface area contributed by atoms with Crippen LogP contribution in [0.1, 0.15) is 39.5 Å². The molecule has 1 saturated carbocycles. The van der Waals surface area contributed by atoms with Gasteiger partial charge in [0, 0.05) is 0 Å². The summed E-state index contributed by atoms with van der Waals surface area (Å²) >= 11 is 0. The summed E-state index contributed by atoms with van der Waals surface area (Å²) in [6, 6.07) is 0. The minimum absolute atomic E-state index is 0.509. The third-order valence-electron chi connectivity index (χ3n) is 2.60. The summed E-state index contributed by atoms with van der Waals surface area (Å²) in [5.74, 6) is 0.0190. The summed E-state index contributed by atoms with van der Waals surface area (Å²) in [5.41, 5.74) is -0.509. The third kappa shape index (κ3) is 1.95. The normalized spacial score (nSPS) is 19.5. The Morgan fingerprint density at radius 3 is 2.36 bits per heavy atom. The average molecular weight is 156 g/mol. The van der Waals surface area contributed by atoms with Gasteiger partial charge >= 0.3 is 5.97 Å². The first kappa shape index (κ1) is 8.57. The zero-order valence-electron chi connectivity index (χ0n) is 7.26. The van der Waals surface area contributed by atoms with E-state index < -0.39 is 11.4 Å². The Labute approximate surface area is 67.6 Å². The second kappa shape index (κ2) is 2.84. The standard InChI is InChI=1S/C9H16O2/c1-9(2,8(10)11)6-7-4-3-5-7/h7H,3-6H2,1-2H3,(H,10,11). The van der Waals surface area contributed by atoms with E-state index >= 15 is 0 Å². The Morgan fingerprint density at radius 2 is 2.09 bits per heavy atom. The topological polar surface area (TPSA) is 37.3 Å². The van der Waals surface area contributed by atoms with E-state index in [1.807, 2.05) is 13.8 Å². The number of hydrogen-bond acceptors (Lipinski definition) is 1. The van der Waals surface area contributed by atoms with Crippen LogP contribution in [0.3, 0.4) is 0 Å². The molecular formula is C9H16O2. The maximum absolute atomic E-state index is 10.7. The Kier molecular flexibility index (Phi) is 2.21. The number of hydrogen-bond donors (Lipinski definition) is 1. The van der Waals surface area contributed by atoms with Crippen molar-refractivity contribution in [2.24, 2.45) is 11.3 Å². The van der Waals surface area contributed by atoms with Crippen LogP contribution in [0.4, 0.5) is 0 Å². The van der Waals surface area contributed by atoms with Gasteiger partial charge in [-0.3, -0.25) is 4.79 Å². The van der Waals surface area contributed by atoms with Crippen LogP contribution in [0, 0.1) is 11.3 Å². The molecule has 0 aromatic rings. The van der Waals surface area contributed by atoms with Crippen LogP contribution in [-0.4, -0.2) is 11.1 Å². The Hall–Kier alpha value is -0.530. The lowest BCUT2D eigenvalue weighted by molar-refractivity contribution is -0.148. The lowest BCUT2D eigenvalue weighted by atomic mass is 9.73. The molecule has 0 aromatic heterocycles. The van der Waals surface area contributed by atoms with E-state index in [2.05, 4.69) is 0 Å². The summed E-state index contributed by atoms with van der Waals surface area (Å²) in [7, 11) is 0. The molecule has 0 amide bonds. The predicted molar refractivity (Wildman–Crippen MR) is 43.4 cm³/mol. The molecule has 0 aliphatic heterocycles. The van der Waals surface area contributed by atoms with Crippen LogP contribution in [-0.2, 0) is 4.79 Å². The summed E-state index contributed by atoms with van der Waals surface area (Å²) in [6.07, 6.45) is 4.61. The van der Waals surface area contributed by atoms with Crippen molar-refractivity contribution >= 4 is 5.97 Å². The third-order valence-corrected chi connectivity index (χ3v) is 2.60. The van der Waals surface area contributed by atoms with E-state index in [0.717, 1.165) is 6.42 Å². The molecule has 2 nitrogen and oxygen atoms in total. The molecule has 0 aromatic carbocycles. The Bertz CT molecular complexity index is 157. The quantitative estimate of drug-likeness (QED) is 0.680. The fourth-order valence-corrected chi connectivity index (χ4v) is 1.51. The fourth-order valence-electron chi connectivity index (χ4n) is 1.51. The highest BCUT2D eigenvalue weighted by Gasteiger charge is 2.32. The zero-order chi connectivity index (χ0) is 8.48. The summed E-state index contributed by atoms with van der Waals surface area (Å²) in [5, 5.41) is 8.81. The van der Waals surface area contributed by atoms with Crippen molar-refractivity contribution in [2.75, 3.05) is 0 Å². The zero-order valence-corrected chi connectivity index (χ0v) is 7.26. The molecule has 64 valence electrons. The van der Waals surface area contributed by atoms with E-state index in [9.17, 15) is 4.79 Å². The average Bonchev–Trinajstić information content (AvgIpc) is 1.79. The first-order valence-electron chi connectivity index (χ1n) is 4.26. The minimum atomic E-state index is -0.663. The molecule has 2 heteroatoms. The van der Waals surface area contributed by atoms with E-state index in [4.69, 9.17) is 5.11 Å². The smallest absolute Gasteiger partial charge is 0.309 e. The van der Waals surface area contributed by atoms with Crippen molar-refractivity contribution in [1.29, 1.82) is 0 Å². The highest BCUT2D eigenvalue weighted by molar-refractivity contribution is 5.73. The molecule has 0 spiro atoms. The highest BCUT2D eigenvalue weighted by Crippen LogP contribution is 2.37. The van der Waals surface area contributed by atoms with Crippen LogP contribution in [0.5, 0.6) is 0 Å². The van der Waals surface area contributed by atoms with Crippen LogP contribution in [0.2, 0.25) is 0 Å². The fraction of sp³-hybridized carbons (Fsp3) is 0.889. The van der Waals surface area contributed by atoms with Gasteiger partial charge in [0.15, 0.2) is 0 Å². The number of rotatable bonds is 3. The molecule has 0 saturated heterocycles. The predicted octanol–water partition coefficient (Wildman–Crippen LogP) is 2.29. The van der Waals surface area contributed by atoms with Crippen molar-refractivity contribution in [1.82, 2.24) is 0 Å². The molecule has 1 rings (SSSR count). The lowest BCUT2D eigenvalue weighted by Gasteiger charge is -2.31. The lowest BCUT2D eigenvalue weighted by Crippen LogP contribution is -2.29. The van der Waals surface area contributed by atoms with Crippen molar-refractivity contribution < 1.29 is 9.90 Å². The maximum atomic E-state index is 10.7. The highest BCUT2D eigenvalue weighted by atomic mass is 16.4. The molecule has 0 radical (unpaired) electrons. The van der Waals surface area contributed by atoms with E-state index in [0.29, 0.717) is 5.92 Å². The minimum Gasteiger partial charge on any atom is -0.481 e. The molecule has 0 bridgehead atoms. The molecule has 1 aliphatic rings. The molecule has 11 heavy (non-hydrogen) atoms. The number of aliphatic carboxylic acids is 1. The summed E-state index contributed by atoms with van der Waals surface area (Å²) in [4.78, 5) is 10.7. The molecule has 0 heterocycles. The van der Waals surface area contributed by atoms with Crippen LogP contribution >= 0.6 is 0 Å². The van der Waals surface area contributed by atoms with E-state index in [1.54, 1.807) is 0 Å². The van der Waals surface area contributed by atoms with Gasteiger partial charge in [-0.05, 0) is 26.2 Å². The van der Waals surface area contributed by atoms with Gasteiger partial charge in [0.05, 0.1) is 5.41 Å². The van der Waals surface area contributed by atoms with Crippen molar-refractivity contribution in [3.8, 4) is 0 Å². The second-order valence-electron chi connectivity index (χ2n) is 4.19. The molecule has 1 aliphatic carbocycles. The van der Waals surface area contributed by atoms with Gasteiger partial charge in [-0.25, -0.2) is 0 Å². The van der Waals surface area contributed by atoms with Crippen LogP contribution < -0.4 is 0 Å². The second-order valence-corrected chi connectivity index (χ2v) is 4.19. The summed E-state index contributed by atoms with van der Waals surface area (Å²) in [6.45, 7) is 3.63. The Morgan fingerprint density at radius 1 is 1.55 bits per heavy atom. The number of carboxylic acids is 1. The van der Waals surface area contributed by atoms with Crippen molar-refractivity contribution in [3.05, 3.63) is 0 Å². The molecule has 0 atom stereocenters. The van der Waals surface area contributed by atoms with Gasteiger partial charge in [0.2, 0.25) is 0 Å². The van der Waals surface area contributed by atoms with E-state index in [1.165, 1.54) is 19.3 Å². The molecule has 1 fully saturated rings. The molecule has 0 unspecified atom stereocenters. The van der Waals surface area contributed by atoms with Crippen LogP contribution in [0.15, 0.2) is 0 Å². The van der Waals surface area contributed by atoms with Gasteiger partial charge in [0.25, 0.3) is 0 Å². The van der Waals surface area contributed by atoms with E-state index in [-0.39, 0.29) is 0 Å². The number of carbonyl (C=O) groups is 1. The molecule has 1 N–H and O–H groups in total. The first-order chi connectivity index (χ1) is 5.02. The van der Waals surface area contributed by atoms with Gasteiger partial charge < -0.3 is 5.11 Å². The summed E-state index contributed by atoms with van der Waals surface area (Å²) < 4.78 is 0. The van der Waals surface area contributed by atoms with Crippen LogP contribution in [0.25, 0.3) is 0 Å². The van der Waals surface area contributed by atoms with Crippen molar-refractivity contribution in [2.45, 2.75) is 39.5 Å². The van der Waals surface area contributed by atoms with Gasteiger partial charge in [-0.15, -0.1) is 0 Å². The van der Waals surface area contributed by atoms with Gasteiger partial charge in [-0.2, -0.15) is 0 Å². The molecular weight excluding hydrogens is 140 g/mol. The van der Waals surface area contributed by atoms with Gasteiger partial charge in [-0.1, -0.05) is 19.3 Å². The monoisotopic (exact) mass is 156 g/mol. The van der Waals surface area contributed by atoms with Gasteiger partial charge in [0.1, 0.15) is 0 Å². The number of carboxylic acid groups (broad SMARTS) is 1. The SMILES string of the molecule is CC(C)(CC1CCC1)C(=O)O. The van der Waals surface area contributed by atoms with Crippen molar-refractivity contribution in [3.63, 3.8) is 0 Å². The maximum Gasteiger partial charge on any atom is 0.309 e.